The summed E-state index contributed by atoms with van der Waals surface area (Å²) >= 11 is 0. The number of morpholine rings is 1. The standard InChI is InChI=1S/C16H28N4O2/c1-5-7-8-20-13(3)14(11-17-20)18-15(21)19-9-10-22-16(4,6-2)12-19/h11H,5-10,12H2,1-4H3,(H,18,21)/t16-/m0/s1. The van der Waals surface area contributed by atoms with E-state index in [-0.39, 0.29) is 11.6 Å². The summed E-state index contributed by atoms with van der Waals surface area (Å²) in [5, 5.41) is 7.34. The maximum absolute atomic E-state index is 12.5. The van der Waals surface area contributed by atoms with Crippen molar-refractivity contribution in [2.75, 3.05) is 25.0 Å². The number of hydrogen-bond acceptors (Lipinski definition) is 3. The first kappa shape index (κ1) is 16.8. The molecule has 1 aromatic heterocycles. The van der Waals surface area contributed by atoms with E-state index in [0.717, 1.165) is 37.2 Å². The van der Waals surface area contributed by atoms with Gasteiger partial charge in [0.2, 0.25) is 0 Å². The van der Waals surface area contributed by atoms with Crippen molar-refractivity contribution in [3.8, 4) is 0 Å². The zero-order chi connectivity index (χ0) is 16.2. The van der Waals surface area contributed by atoms with Crippen LogP contribution in [-0.2, 0) is 11.3 Å². The Labute approximate surface area is 132 Å². The zero-order valence-electron chi connectivity index (χ0n) is 14.2. The number of ether oxygens (including phenoxy) is 1. The fourth-order valence-corrected chi connectivity index (χ4v) is 2.61. The summed E-state index contributed by atoms with van der Waals surface area (Å²) in [6, 6.07) is -0.0684. The highest BCUT2D eigenvalue weighted by molar-refractivity contribution is 5.89. The molecule has 0 radical (unpaired) electrons. The number of hydrogen-bond donors (Lipinski definition) is 1. The molecule has 1 aromatic rings. The quantitative estimate of drug-likeness (QED) is 0.909. The van der Waals surface area contributed by atoms with Crippen LogP contribution < -0.4 is 5.32 Å². The molecule has 0 spiro atoms. The Kier molecular flexibility index (Phi) is 5.45. The SMILES string of the molecule is CCCCn1ncc(NC(=O)N2CCO[C@@](C)(CC)C2)c1C. The number of rotatable bonds is 5. The molecule has 0 bridgehead atoms. The van der Waals surface area contributed by atoms with Crippen LogP contribution in [0.5, 0.6) is 0 Å². The largest absolute Gasteiger partial charge is 0.372 e. The lowest BCUT2D eigenvalue weighted by atomic mass is 10.0. The average molecular weight is 308 g/mol. The lowest BCUT2D eigenvalue weighted by Crippen LogP contribution is -2.53. The van der Waals surface area contributed by atoms with Crippen LogP contribution in [0, 0.1) is 6.92 Å². The molecule has 22 heavy (non-hydrogen) atoms. The maximum atomic E-state index is 12.5. The summed E-state index contributed by atoms with van der Waals surface area (Å²) in [4.78, 5) is 14.3. The monoisotopic (exact) mass is 308 g/mol. The van der Waals surface area contributed by atoms with Crippen LogP contribution in [0.25, 0.3) is 0 Å². The second-order valence-corrected chi connectivity index (χ2v) is 6.22. The third kappa shape index (κ3) is 3.80. The van der Waals surface area contributed by atoms with Crippen molar-refractivity contribution in [3.05, 3.63) is 11.9 Å². The lowest BCUT2D eigenvalue weighted by molar-refractivity contribution is -0.0860. The molecule has 1 N–H and O–H groups in total. The van der Waals surface area contributed by atoms with Gasteiger partial charge in [-0.15, -0.1) is 0 Å². The highest BCUT2D eigenvalue weighted by Crippen LogP contribution is 2.22. The number of amides is 2. The van der Waals surface area contributed by atoms with Gasteiger partial charge in [-0.3, -0.25) is 4.68 Å². The van der Waals surface area contributed by atoms with Gasteiger partial charge in [0.15, 0.2) is 0 Å². The van der Waals surface area contributed by atoms with E-state index in [9.17, 15) is 4.79 Å². The van der Waals surface area contributed by atoms with E-state index in [1.165, 1.54) is 0 Å². The van der Waals surface area contributed by atoms with Gasteiger partial charge in [-0.05, 0) is 26.7 Å². The summed E-state index contributed by atoms with van der Waals surface area (Å²) in [6.07, 6.45) is 4.85. The molecule has 2 amide bonds. The van der Waals surface area contributed by atoms with Crippen molar-refractivity contribution < 1.29 is 9.53 Å². The van der Waals surface area contributed by atoms with Gasteiger partial charge in [0.05, 0.1) is 36.3 Å². The molecule has 0 unspecified atom stereocenters. The van der Waals surface area contributed by atoms with Crippen LogP contribution in [0.1, 0.15) is 45.7 Å². The minimum Gasteiger partial charge on any atom is -0.372 e. The average Bonchev–Trinajstić information content (AvgIpc) is 2.86. The van der Waals surface area contributed by atoms with Crippen LogP contribution in [0.15, 0.2) is 6.20 Å². The molecule has 2 rings (SSSR count). The van der Waals surface area contributed by atoms with Crippen molar-refractivity contribution in [2.24, 2.45) is 0 Å². The minimum atomic E-state index is -0.240. The van der Waals surface area contributed by atoms with E-state index in [1.54, 1.807) is 6.20 Å². The molecule has 6 nitrogen and oxygen atoms in total. The number of nitrogens with one attached hydrogen (secondary N) is 1. The Balaban J connectivity index is 1.98. The fourth-order valence-electron chi connectivity index (χ4n) is 2.61. The Hall–Kier alpha value is -1.56. The third-order valence-electron chi connectivity index (χ3n) is 4.44. The van der Waals surface area contributed by atoms with Crippen molar-refractivity contribution in [2.45, 2.75) is 59.1 Å². The lowest BCUT2D eigenvalue weighted by Gasteiger charge is -2.39. The third-order valence-corrected chi connectivity index (χ3v) is 4.44. The number of aromatic nitrogens is 2. The number of carbonyl (C=O) groups is 1. The van der Waals surface area contributed by atoms with Crippen LogP contribution >= 0.6 is 0 Å². The number of urea groups is 1. The van der Waals surface area contributed by atoms with Crippen molar-refractivity contribution in [3.63, 3.8) is 0 Å². The summed E-state index contributed by atoms with van der Waals surface area (Å²) in [7, 11) is 0. The summed E-state index contributed by atoms with van der Waals surface area (Å²) < 4.78 is 7.73. The van der Waals surface area contributed by atoms with Gasteiger partial charge in [-0.25, -0.2) is 4.79 Å². The predicted octanol–water partition coefficient (Wildman–Crippen LogP) is 3.02. The first-order valence-electron chi connectivity index (χ1n) is 8.21. The molecule has 1 aliphatic heterocycles. The van der Waals surface area contributed by atoms with Gasteiger partial charge in [-0.1, -0.05) is 20.3 Å². The summed E-state index contributed by atoms with van der Waals surface area (Å²) in [5.74, 6) is 0. The van der Waals surface area contributed by atoms with Crippen molar-refractivity contribution >= 4 is 11.7 Å². The van der Waals surface area contributed by atoms with E-state index in [0.29, 0.717) is 19.7 Å². The zero-order valence-corrected chi connectivity index (χ0v) is 14.2. The molecule has 6 heteroatoms. The molecule has 1 fully saturated rings. The topological polar surface area (TPSA) is 59.4 Å². The number of unbranched alkanes of at least 4 members (excludes halogenated alkanes) is 1. The van der Waals surface area contributed by atoms with Gasteiger partial charge < -0.3 is 15.0 Å². The van der Waals surface area contributed by atoms with Crippen molar-refractivity contribution in [1.29, 1.82) is 0 Å². The first-order chi connectivity index (χ1) is 10.5. The molecule has 1 atom stereocenters. The van der Waals surface area contributed by atoms with Crippen LogP contribution in [-0.4, -0.2) is 46.0 Å². The number of nitrogens with zero attached hydrogens (tertiary/aromatic N) is 3. The number of anilines is 1. The molecule has 0 aliphatic carbocycles. The van der Waals surface area contributed by atoms with E-state index >= 15 is 0 Å². The van der Waals surface area contributed by atoms with Gasteiger partial charge in [-0.2, -0.15) is 5.10 Å². The van der Waals surface area contributed by atoms with E-state index < -0.39 is 0 Å². The Morgan fingerprint density at radius 1 is 1.50 bits per heavy atom. The van der Waals surface area contributed by atoms with Gasteiger partial charge in [0, 0.05) is 13.1 Å². The molecule has 1 aliphatic rings. The van der Waals surface area contributed by atoms with E-state index in [4.69, 9.17) is 4.74 Å². The normalized spacial score (nSPS) is 21.9. The summed E-state index contributed by atoms with van der Waals surface area (Å²) in [6.45, 7) is 11.0. The molecule has 1 saturated heterocycles. The molecular formula is C16H28N4O2. The van der Waals surface area contributed by atoms with Crippen LogP contribution in [0.2, 0.25) is 0 Å². The predicted molar refractivity (Wildman–Crippen MR) is 87.1 cm³/mol. The van der Waals surface area contributed by atoms with Gasteiger partial charge in [0.1, 0.15) is 0 Å². The minimum absolute atomic E-state index is 0.0684. The molecule has 0 aromatic carbocycles. The summed E-state index contributed by atoms with van der Waals surface area (Å²) in [5.41, 5.74) is 1.56. The maximum Gasteiger partial charge on any atom is 0.322 e. The molecule has 0 saturated carbocycles. The Bertz CT molecular complexity index is 514. The highest BCUT2D eigenvalue weighted by Gasteiger charge is 2.32. The highest BCUT2D eigenvalue weighted by atomic mass is 16.5. The molecule has 2 heterocycles. The molecular weight excluding hydrogens is 280 g/mol. The van der Waals surface area contributed by atoms with Gasteiger partial charge >= 0.3 is 6.03 Å². The van der Waals surface area contributed by atoms with E-state index in [1.807, 2.05) is 16.5 Å². The Morgan fingerprint density at radius 3 is 2.95 bits per heavy atom. The van der Waals surface area contributed by atoms with Crippen LogP contribution in [0.3, 0.4) is 0 Å². The van der Waals surface area contributed by atoms with Gasteiger partial charge in [0.25, 0.3) is 0 Å². The smallest absolute Gasteiger partial charge is 0.322 e. The van der Waals surface area contributed by atoms with Crippen molar-refractivity contribution in [1.82, 2.24) is 14.7 Å². The fraction of sp³-hybridized carbons (Fsp3) is 0.750. The Morgan fingerprint density at radius 2 is 2.27 bits per heavy atom. The van der Waals surface area contributed by atoms with E-state index in [2.05, 4.69) is 31.2 Å². The second-order valence-electron chi connectivity index (χ2n) is 6.22. The number of aryl methyl sites for hydroxylation is 1. The number of carbonyl (C=O) groups excluding carboxylic acids is 1. The second kappa shape index (κ2) is 7.13. The first-order valence-corrected chi connectivity index (χ1v) is 8.21. The van der Waals surface area contributed by atoms with Crippen LogP contribution in [0.4, 0.5) is 10.5 Å². The molecule has 124 valence electrons.